The monoisotopic (exact) mass is 421 g/mol. The number of sulfone groups is 1. The zero-order valence-corrected chi connectivity index (χ0v) is 17.8. The van der Waals surface area contributed by atoms with Crippen LogP contribution in [-0.2, 0) is 21.2 Å². The summed E-state index contributed by atoms with van der Waals surface area (Å²) in [6, 6.07) is 8.09. The fourth-order valence-corrected chi connectivity index (χ4v) is 7.23. The first kappa shape index (κ1) is 19.8. The summed E-state index contributed by atoms with van der Waals surface area (Å²) in [4.78, 5) is 21.7. The number of carbonyl (C=O) groups is 1. The van der Waals surface area contributed by atoms with E-state index in [1.807, 2.05) is 35.0 Å². The zero-order chi connectivity index (χ0) is 19.7. The molecule has 0 spiro atoms. The highest BCUT2D eigenvalue weighted by atomic mass is 32.2. The Morgan fingerprint density at radius 2 is 1.93 bits per heavy atom. The lowest BCUT2D eigenvalue weighted by Crippen LogP contribution is -2.50. The smallest absolute Gasteiger partial charge is 0.237 e. The van der Waals surface area contributed by atoms with Crippen LogP contribution in [0.4, 0.5) is 0 Å². The van der Waals surface area contributed by atoms with Crippen molar-refractivity contribution in [1.29, 1.82) is 0 Å². The number of likely N-dealkylation sites (N-methyl/N-ethyl adjacent to an activating group) is 1. The summed E-state index contributed by atoms with van der Waals surface area (Å²) in [6.07, 6.45) is 4.80. The topological polar surface area (TPSA) is 70.6 Å². The van der Waals surface area contributed by atoms with Gasteiger partial charge in [-0.2, -0.15) is 0 Å². The molecule has 1 atom stereocenters. The van der Waals surface area contributed by atoms with E-state index in [0.29, 0.717) is 19.5 Å². The van der Waals surface area contributed by atoms with Gasteiger partial charge in [-0.25, -0.2) is 13.4 Å². The molecule has 2 aliphatic rings. The van der Waals surface area contributed by atoms with Crippen LogP contribution in [0.3, 0.4) is 0 Å². The summed E-state index contributed by atoms with van der Waals surface area (Å²) in [6.45, 7) is 0.912. The molecule has 2 fully saturated rings. The highest BCUT2D eigenvalue weighted by Gasteiger charge is 2.39. The van der Waals surface area contributed by atoms with Gasteiger partial charge >= 0.3 is 0 Å². The summed E-state index contributed by atoms with van der Waals surface area (Å²) in [5.41, 5.74) is 0.992. The van der Waals surface area contributed by atoms with E-state index in [1.54, 1.807) is 11.3 Å². The van der Waals surface area contributed by atoms with Gasteiger partial charge in [0.1, 0.15) is 5.01 Å². The molecule has 1 aromatic heterocycles. The van der Waals surface area contributed by atoms with E-state index < -0.39 is 9.84 Å². The van der Waals surface area contributed by atoms with Crippen molar-refractivity contribution in [3.63, 3.8) is 0 Å². The van der Waals surface area contributed by atoms with E-state index in [4.69, 9.17) is 0 Å². The number of aromatic nitrogens is 1. The first-order valence-electron chi connectivity index (χ1n) is 9.96. The SMILES string of the molecule is CN(CC(=O)N(C1CCCC1)[C@H]1CCS(=O)(=O)C1)Cc1nc2ccccc2s1. The molecule has 28 heavy (non-hydrogen) atoms. The molecule has 8 heteroatoms. The average Bonchev–Trinajstić information content (AvgIpc) is 3.35. The summed E-state index contributed by atoms with van der Waals surface area (Å²) >= 11 is 1.65. The normalized spacial score (nSPS) is 22.3. The molecule has 1 saturated carbocycles. The quantitative estimate of drug-likeness (QED) is 0.717. The van der Waals surface area contributed by atoms with Crippen molar-refractivity contribution in [1.82, 2.24) is 14.8 Å². The molecule has 4 rings (SSSR count). The first-order valence-corrected chi connectivity index (χ1v) is 12.6. The van der Waals surface area contributed by atoms with Crippen LogP contribution in [0.5, 0.6) is 0 Å². The van der Waals surface area contributed by atoms with Crippen molar-refractivity contribution in [3.8, 4) is 0 Å². The van der Waals surface area contributed by atoms with Crippen LogP contribution in [0.2, 0.25) is 0 Å². The van der Waals surface area contributed by atoms with Crippen LogP contribution in [0.1, 0.15) is 37.1 Å². The number of rotatable bonds is 6. The highest BCUT2D eigenvalue weighted by Crippen LogP contribution is 2.29. The fourth-order valence-electron chi connectivity index (χ4n) is 4.47. The van der Waals surface area contributed by atoms with Crippen molar-refractivity contribution >= 4 is 37.3 Å². The predicted octanol–water partition coefficient (Wildman–Crippen LogP) is 2.69. The van der Waals surface area contributed by atoms with E-state index in [0.717, 1.165) is 40.9 Å². The number of hydrogen-bond acceptors (Lipinski definition) is 6. The van der Waals surface area contributed by atoms with Crippen LogP contribution in [0.15, 0.2) is 24.3 Å². The van der Waals surface area contributed by atoms with E-state index >= 15 is 0 Å². The number of hydrogen-bond donors (Lipinski definition) is 0. The van der Waals surface area contributed by atoms with Gasteiger partial charge in [-0.1, -0.05) is 25.0 Å². The molecular formula is C20H27N3O3S2. The molecule has 152 valence electrons. The van der Waals surface area contributed by atoms with Crippen molar-refractivity contribution in [3.05, 3.63) is 29.3 Å². The van der Waals surface area contributed by atoms with Gasteiger partial charge in [0.25, 0.3) is 0 Å². The van der Waals surface area contributed by atoms with Crippen molar-refractivity contribution in [2.45, 2.75) is 50.7 Å². The average molecular weight is 422 g/mol. The number of fused-ring (bicyclic) bond motifs is 1. The maximum atomic E-state index is 13.2. The Labute approximate surface area is 170 Å². The highest BCUT2D eigenvalue weighted by molar-refractivity contribution is 7.91. The third kappa shape index (κ3) is 4.39. The summed E-state index contributed by atoms with van der Waals surface area (Å²) in [5, 5.41) is 0.993. The van der Waals surface area contributed by atoms with Crippen molar-refractivity contribution in [2.24, 2.45) is 0 Å². The maximum Gasteiger partial charge on any atom is 0.237 e. The number of thiazole rings is 1. The molecule has 0 radical (unpaired) electrons. The van der Waals surface area contributed by atoms with Gasteiger partial charge in [0, 0.05) is 12.1 Å². The van der Waals surface area contributed by atoms with E-state index in [-0.39, 0.29) is 29.5 Å². The summed E-state index contributed by atoms with van der Waals surface area (Å²) in [7, 11) is -1.08. The second-order valence-corrected chi connectivity index (χ2v) is 11.4. The minimum absolute atomic E-state index is 0.0533. The fraction of sp³-hybridized carbons (Fsp3) is 0.600. The van der Waals surface area contributed by atoms with Gasteiger partial charge < -0.3 is 4.90 Å². The lowest BCUT2D eigenvalue weighted by Gasteiger charge is -2.35. The summed E-state index contributed by atoms with van der Waals surface area (Å²) < 4.78 is 25.1. The largest absolute Gasteiger partial charge is 0.335 e. The third-order valence-corrected chi connectivity index (χ3v) is 8.53. The number of carbonyl (C=O) groups excluding carboxylic acids is 1. The molecule has 1 aliphatic carbocycles. The van der Waals surface area contributed by atoms with Gasteiger partial charge in [-0.15, -0.1) is 11.3 Å². The molecular weight excluding hydrogens is 394 g/mol. The Kier molecular flexibility index (Phi) is 5.71. The molecule has 1 saturated heterocycles. The molecule has 0 unspecified atom stereocenters. The van der Waals surface area contributed by atoms with Crippen LogP contribution in [-0.4, -0.2) is 66.3 Å². The zero-order valence-electron chi connectivity index (χ0n) is 16.2. The molecule has 2 heterocycles. The molecule has 0 bridgehead atoms. The number of benzene rings is 1. The van der Waals surface area contributed by atoms with Crippen LogP contribution in [0.25, 0.3) is 10.2 Å². The first-order chi connectivity index (χ1) is 13.4. The van der Waals surface area contributed by atoms with Crippen molar-refractivity contribution < 1.29 is 13.2 Å². The van der Waals surface area contributed by atoms with Gasteiger partial charge in [0.2, 0.25) is 5.91 Å². The number of amides is 1. The van der Waals surface area contributed by atoms with E-state index in [9.17, 15) is 13.2 Å². The van der Waals surface area contributed by atoms with E-state index in [1.165, 1.54) is 0 Å². The summed E-state index contributed by atoms with van der Waals surface area (Å²) in [5.74, 6) is 0.379. The molecule has 1 amide bonds. The Morgan fingerprint density at radius 1 is 1.18 bits per heavy atom. The lowest BCUT2D eigenvalue weighted by molar-refractivity contribution is -0.136. The standard InChI is InChI=1S/C20H27N3O3S2/c1-22(12-19-21-17-8-4-5-9-18(17)27-19)13-20(24)23(15-6-2-3-7-15)16-10-11-28(25,26)14-16/h4-5,8-9,15-16H,2-3,6-7,10-14H2,1H3/t16-/m0/s1. The van der Waals surface area contributed by atoms with Gasteiger partial charge in [0.05, 0.1) is 34.8 Å². The number of nitrogens with zero attached hydrogens (tertiary/aromatic N) is 3. The minimum Gasteiger partial charge on any atom is -0.335 e. The second-order valence-electron chi connectivity index (χ2n) is 8.04. The Hall–Kier alpha value is -1.51. The Morgan fingerprint density at radius 3 is 2.61 bits per heavy atom. The lowest BCUT2D eigenvalue weighted by atomic mass is 10.1. The molecule has 1 aromatic carbocycles. The predicted molar refractivity (Wildman–Crippen MR) is 112 cm³/mol. The third-order valence-electron chi connectivity index (χ3n) is 5.76. The second kappa shape index (κ2) is 8.08. The maximum absolute atomic E-state index is 13.2. The van der Waals surface area contributed by atoms with Gasteiger partial charge in [0.15, 0.2) is 9.84 Å². The Balaban J connectivity index is 1.44. The minimum atomic E-state index is -3.01. The molecule has 0 N–H and O–H groups in total. The number of para-hydroxylation sites is 1. The van der Waals surface area contributed by atoms with Crippen LogP contribution < -0.4 is 0 Å². The van der Waals surface area contributed by atoms with Crippen LogP contribution >= 0.6 is 11.3 Å². The van der Waals surface area contributed by atoms with Gasteiger partial charge in [-0.3, -0.25) is 9.69 Å². The van der Waals surface area contributed by atoms with Crippen molar-refractivity contribution in [2.75, 3.05) is 25.1 Å². The molecule has 1 aliphatic heterocycles. The van der Waals surface area contributed by atoms with Gasteiger partial charge in [-0.05, 0) is 38.4 Å². The van der Waals surface area contributed by atoms with Crippen LogP contribution in [0, 0.1) is 0 Å². The molecule has 2 aromatic rings. The van der Waals surface area contributed by atoms with E-state index in [2.05, 4.69) is 11.1 Å². The molecule has 6 nitrogen and oxygen atoms in total. The Bertz CT molecular complexity index is 918.